The quantitative estimate of drug-likeness (QED) is 0.201. The fourth-order valence-corrected chi connectivity index (χ4v) is 7.24. The third-order valence-corrected chi connectivity index (χ3v) is 9.81. The monoisotopic (exact) mass is 561 g/mol. The number of hydrogen-bond donors (Lipinski definition) is 0. The molecular formula is C40H37N2O+. The molecule has 1 fully saturated rings. The topological polar surface area (TPSA) is 40.8 Å². The number of furan rings is 1. The van der Waals surface area contributed by atoms with Gasteiger partial charge in [0.2, 0.25) is 5.69 Å². The van der Waals surface area contributed by atoms with Crippen molar-refractivity contribution in [1.29, 1.82) is 5.26 Å². The number of nitrogens with zero attached hydrogens (tertiary/aromatic N) is 2. The second-order valence-electron chi connectivity index (χ2n) is 12.4. The number of benzene rings is 4. The number of hydrogen-bond acceptors (Lipinski definition) is 2. The Hall–Kier alpha value is -4.68. The van der Waals surface area contributed by atoms with Crippen molar-refractivity contribution in [3.8, 4) is 28.5 Å². The molecule has 0 amide bonds. The number of fused-ring (bicyclic) bond motifs is 3. The molecule has 0 unspecified atom stereocenters. The van der Waals surface area contributed by atoms with Gasteiger partial charge in [-0.05, 0) is 98.2 Å². The maximum absolute atomic E-state index is 10.2. The summed E-state index contributed by atoms with van der Waals surface area (Å²) < 4.78 is 8.99. The summed E-state index contributed by atoms with van der Waals surface area (Å²) in [6.45, 7) is 6.44. The maximum Gasteiger partial charge on any atom is 0.216 e. The molecule has 0 aliphatic heterocycles. The molecule has 3 nitrogen and oxygen atoms in total. The highest BCUT2D eigenvalue weighted by Gasteiger charge is 2.25. The van der Waals surface area contributed by atoms with Crippen LogP contribution in [-0.4, -0.2) is 0 Å². The van der Waals surface area contributed by atoms with Crippen LogP contribution in [0.5, 0.6) is 0 Å². The van der Waals surface area contributed by atoms with Crippen molar-refractivity contribution in [3.05, 3.63) is 125 Å². The Morgan fingerprint density at radius 1 is 0.674 bits per heavy atom. The predicted molar refractivity (Wildman–Crippen MR) is 175 cm³/mol. The van der Waals surface area contributed by atoms with Crippen LogP contribution < -0.4 is 4.57 Å². The lowest BCUT2D eigenvalue weighted by Crippen LogP contribution is -2.31. The first-order chi connectivity index (χ1) is 20.9. The molecule has 43 heavy (non-hydrogen) atoms. The summed E-state index contributed by atoms with van der Waals surface area (Å²) in [7, 11) is 2.09. The minimum atomic E-state index is 0.579. The third kappa shape index (κ3) is 4.72. The van der Waals surface area contributed by atoms with Gasteiger partial charge in [-0.25, -0.2) is 4.57 Å². The number of pyridine rings is 1. The van der Waals surface area contributed by atoms with Gasteiger partial charge in [-0.1, -0.05) is 66.7 Å². The van der Waals surface area contributed by atoms with Gasteiger partial charge in [-0.15, -0.1) is 0 Å². The molecule has 7 rings (SSSR count). The summed E-state index contributed by atoms with van der Waals surface area (Å²) in [6.07, 6.45) is 7.06. The van der Waals surface area contributed by atoms with Gasteiger partial charge in [0.15, 0.2) is 6.20 Å². The Bertz CT molecular complexity index is 2020. The van der Waals surface area contributed by atoms with Crippen LogP contribution in [0, 0.1) is 32.1 Å². The standard InChI is InChI=1S/C40H37N2O/c1-25-10-20-34-35-21-19-33(23-41)38(40(35)43-39(34)37(25)36-22-26(2)27(3)24-42(36)4)32-17-15-31(16-18-32)30-13-11-29(12-14-30)28-8-6-5-7-9-28/h5-10,15-22,24,29-30H,11-14H2,1-4H3/q+1. The molecule has 6 aromatic rings. The van der Waals surface area contributed by atoms with Crippen LogP contribution in [0.2, 0.25) is 0 Å². The highest BCUT2D eigenvalue weighted by molar-refractivity contribution is 6.14. The molecule has 0 spiro atoms. The lowest BCUT2D eigenvalue weighted by atomic mass is 9.76. The van der Waals surface area contributed by atoms with E-state index in [1.807, 2.05) is 12.1 Å². The van der Waals surface area contributed by atoms with Crippen LogP contribution in [0.15, 0.2) is 95.5 Å². The van der Waals surface area contributed by atoms with Crippen molar-refractivity contribution in [2.24, 2.45) is 7.05 Å². The van der Waals surface area contributed by atoms with Crippen molar-refractivity contribution >= 4 is 21.9 Å². The number of aryl methyl sites for hydroxylation is 4. The predicted octanol–water partition coefficient (Wildman–Crippen LogP) is 9.98. The Kier molecular flexibility index (Phi) is 6.86. The van der Waals surface area contributed by atoms with Gasteiger partial charge in [-0.2, -0.15) is 5.26 Å². The van der Waals surface area contributed by atoms with Crippen molar-refractivity contribution in [3.63, 3.8) is 0 Å². The molecule has 1 aliphatic rings. The van der Waals surface area contributed by atoms with E-state index in [1.165, 1.54) is 53.5 Å². The number of rotatable bonds is 4. The van der Waals surface area contributed by atoms with E-state index in [0.717, 1.165) is 44.3 Å². The zero-order valence-electron chi connectivity index (χ0n) is 25.4. The van der Waals surface area contributed by atoms with Crippen LogP contribution in [0.25, 0.3) is 44.3 Å². The van der Waals surface area contributed by atoms with E-state index in [-0.39, 0.29) is 0 Å². The van der Waals surface area contributed by atoms with Gasteiger partial charge in [-0.3, -0.25) is 0 Å². The normalized spacial score (nSPS) is 16.9. The average Bonchev–Trinajstić information content (AvgIpc) is 3.42. The van der Waals surface area contributed by atoms with Gasteiger partial charge >= 0.3 is 0 Å². The molecule has 4 aromatic carbocycles. The Morgan fingerprint density at radius 2 is 1.28 bits per heavy atom. The summed E-state index contributed by atoms with van der Waals surface area (Å²) in [5.74, 6) is 1.25. The number of nitriles is 1. The van der Waals surface area contributed by atoms with Gasteiger partial charge < -0.3 is 4.42 Å². The van der Waals surface area contributed by atoms with E-state index in [9.17, 15) is 5.26 Å². The molecule has 212 valence electrons. The summed E-state index contributed by atoms with van der Waals surface area (Å²) in [4.78, 5) is 0. The average molecular weight is 562 g/mol. The molecule has 0 radical (unpaired) electrons. The van der Waals surface area contributed by atoms with Crippen molar-refractivity contribution < 1.29 is 8.98 Å². The van der Waals surface area contributed by atoms with E-state index in [0.29, 0.717) is 17.4 Å². The van der Waals surface area contributed by atoms with Gasteiger partial charge in [0.05, 0.1) is 17.2 Å². The molecule has 2 heterocycles. The fourth-order valence-electron chi connectivity index (χ4n) is 7.24. The molecule has 3 heteroatoms. The summed E-state index contributed by atoms with van der Waals surface area (Å²) >= 11 is 0. The lowest BCUT2D eigenvalue weighted by Gasteiger charge is -2.29. The molecule has 0 atom stereocenters. The van der Waals surface area contributed by atoms with E-state index in [1.54, 1.807) is 0 Å². The minimum Gasteiger partial charge on any atom is -0.454 e. The highest BCUT2D eigenvalue weighted by atomic mass is 16.3. The molecule has 2 aromatic heterocycles. The smallest absolute Gasteiger partial charge is 0.216 e. The van der Waals surface area contributed by atoms with Crippen LogP contribution in [-0.2, 0) is 7.05 Å². The first kappa shape index (κ1) is 27.2. The zero-order valence-corrected chi connectivity index (χ0v) is 25.4. The first-order valence-electron chi connectivity index (χ1n) is 15.4. The summed E-state index contributed by atoms with van der Waals surface area (Å²) in [6, 6.07) is 32.9. The Morgan fingerprint density at radius 3 is 1.93 bits per heavy atom. The van der Waals surface area contributed by atoms with Crippen molar-refractivity contribution in [2.45, 2.75) is 58.3 Å². The molecular weight excluding hydrogens is 524 g/mol. The Labute approximate surface area is 254 Å². The van der Waals surface area contributed by atoms with E-state index >= 15 is 0 Å². The largest absolute Gasteiger partial charge is 0.454 e. The van der Waals surface area contributed by atoms with E-state index in [4.69, 9.17) is 4.42 Å². The summed E-state index contributed by atoms with van der Waals surface area (Å²) in [5.41, 5.74) is 13.0. The lowest BCUT2D eigenvalue weighted by molar-refractivity contribution is -0.660. The molecule has 0 saturated heterocycles. The molecule has 0 bridgehead atoms. The molecule has 0 N–H and O–H groups in total. The first-order valence-corrected chi connectivity index (χ1v) is 15.4. The van der Waals surface area contributed by atoms with Gasteiger partial charge in [0.25, 0.3) is 0 Å². The van der Waals surface area contributed by atoms with Crippen LogP contribution in [0.1, 0.15) is 70.9 Å². The molecule has 1 saturated carbocycles. The van der Waals surface area contributed by atoms with Crippen molar-refractivity contribution in [1.82, 2.24) is 0 Å². The van der Waals surface area contributed by atoms with E-state index in [2.05, 4.69) is 117 Å². The zero-order chi connectivity index (χ0) is 29.7. The SMILES string of the molecule is Cc1cc(-c2c(C)ccc3c2oc2c(-c4ccc(C5CCC(c6ccccc6)CC5)cc4)c(C#N)ccc23)[n+](C)cc1C. The second-order valence-corrected chi connectivity index (χ2v) is 12.4. The summed E-state index contributed by atoms with van der Waals surface area (Å²) in [5, 5.41) is 12.3. The molecule has 1 aliphatic carbocycles. The third-order valence-electron chi connectivity index (χ3n) is 9.81. The maximum atomic E-state index is 10.2. The van der Waals surface area contributed by atoms with Crippen LogP contribution in [0.3, 0.4) is 0 Å². The number of aromatic nitrogens is 1. The van der Waals surface area contributed by atoms with E-state index < -0.39 is 0 Å². The van der Waals surface area contributed by atoms with Gasteiger partial charge in [0, 0.05) is 28.0 Å². The van der Waals surface area contributed by atoms with Crippen LogP contribution in [0.4, 0.5) is 0 Å². The Balaban J connectivity index is 1.28. The fraction of sp³-hybridized carbons (Fsp3) is 0.250. The second kappa shape index (κ2) is 10.9. The van der Waals surface area contributed by atoms with Crippen molar-refractivity contribution in [2.75, 3.05) is 0 Å². The van der Waals surface area contributed by atoms with Gasteiger partial charge in [0.1, 0.15) is 18.2 Å². The van der Waals surface area contributed by atoms with Crippen LogP contribution >= 0.6 is 0 Å². The minimum absolute atomic E-state index is 0.579. The highest BCUT2D eigenvalue weighted by Crippen LogP contribution is 2.44.